The van der Waals surface area contributed by atoms with Gasteiger partial charge in [0.05, 0.1) is 17.9 Å². The first kappa shape index (κ1) is 14.2. The van der Waals surface area contributed by atoms with E-state index in [1.807, 2.05) is 12.3 Å². The van der Waals surface area contributed by atoms with Crippen molar-refractivity contribution in [2.45, 2.75) is 31.8 Å². The van der Waals surface area contributed by atoms with Crippen molar-refractivity contribution in [2.75, 3.05) is 0 Å². The lowest BCUT2D eigenvalue weighted by atomic mass is 9.92. The van der Waals surface area contributed by atoms with Crippen molar-refractivity contribution in [1.82, 2.24) is 15.3 Å². The molecule has 4 nitrogen and oxygen atoms in total. The zero-order valence-corrected chi connectivity index (χ0v) is 12.9. The van der Waals surface area contributed by atoms with Gasteiger partial charge in [0.15, 0.2) is 12.2 Å². The summed E-state index contributed by atoms with van der Waals surface area (Å²) < 4.78 is 5.32. The number of hydrogen-bond donors (Lipinski definition) is 1. The Kier molecular flexibility index (Phi) is 3.90. The molecule has 116 valence electrons. The predicted molar refractivity (Wildman–Crippen MR) is 88.7 cm³/mol. The molecular weight excluding hydrogens is 286 g/mol. The van der Waals surface area contributed by atoms with Crippen LogP contribution in [0, 0.1) is 0 Å². The van der Waals surface area contributed by atoms with Crippen molar-refractivity contribution in [3.63, 3.8) is 0 Å². The molecule has 0 fully saturated rings. The largest absolute Gasteiger partial charge is 0.444 e. The molecule has 1 unspecified atom stereocenters. The molecule has 0 saturated carbocycles. The average molecular weight is 305 g/mol. The summed E-state index contributed by atoms with van der Waals surface area (Å²) in [5.41, 5.74) is 4.92. The smallest absolute Gasteiger partial charge is 0.181 e. The van der Waals surface area contributed by atoms with E-state index < -0.39 is 0 Å². The van der Waals surface area contributed by atoms with E-state index >= 15 is 0 Å². The van der Waals surface area contributed by atoms with Crippen molar-refractivity contribution in [2.24, 2.45) is 0 Å². The van der Waals surface area contributed by atoms with Gasteiger partial charge in [0.25, 0.3) is 0 Å². The first-order valence-electron chi connectivity index (χ1n) is 8.05. The number of nitrogens with zero attached hydrogens (tertiary/aromatic N) is 2. The van der Waals surface area contributed by atoms with Crippen molar-refractivity contribution in [3.05, 3.63) is 72.0 Å². The minimum Gasteiger partial charge on any atom is -0.444 e. The molecule has 4 rings (SSSR count). The van der Waals surface area contributed by atoms with E-state index in [2.05, 4.69) is 45.6 Å². The summed E-state index contributed by atoms with van der Waals surface area (Å²) in [5, 5.41) is 3.65. The molecule has 2 heterocycles. The van der Waals surface area contributed by atoms with Gasteiger partial charge in [0.2, 0.25) is 0 Å². The van der Waals surface area contributed by atoms with Crippen LogP contribution in [0.15, 0.2) is 59.6 Å². The van der Waals surface area contributed by atoms with Crippen LogP contribution in [0.25, 0.3) is 11.3 Å². The van der Waals surface area contributed by atoms with Crippen LogP contribution in [0.4, 0.5) is 0 Å². The summed E-state index contributed by atoms with van der Waals surface area (Å²) in [6, 6.07) is 13.0. The molecule has 0 radical (unpaired) electrons. The number of hydrogen-bond acceptors (Lipinski definition) is 4. The highest BCUT2D eigenvalue weighted by molar-refractivity contribution is 5.56. The topological polar surface area (TPSA) is 51.0 Å². The van der Waals surface area contributed by atoms with Crippen molar-refractivity contribution < 1.29 is 4.42 Å². The van der Waals surface area contributed by atoms with Crippen LogP contribution in [0.5, 0.6) is 0 Å². The molecule has 1 aliphatic rings. The molecule has 1 aliphatic carbocycles. The maximum Gasteiger partial charge on any atom is 0.181 e. The molecule has 4 heteroatoms. The maximum atomic E-state index is 5.32. The molecule has 0 saturated heterocycles. The molecule has 23 heavy (non-hydrogen) atoms. The summed E-state index contributed by atoms with van der Waals surface area (Å²) in [6.07, 6.45) is 8.61. The Morgan fingerprint density at radius 2 is 2.09 bits per heavy atom. The fourth-order valence-electron chi connectivity index (χ4n) is 3.19. The lowest BCUT2D eigenvalue weighted by Crippen LogP contribution is -2.25. The SMILES string of the molecule is c1cnc2c(c1)CCCC2NCc1ccc(-c2cnco2)cc1. The minimum absolute atomic E-state index is 0.355. The third-order valence-corrected chi connectivity index (χ3v) is 4.42. The number of aromatic nitrogens is 2. The highest BCUT2D eigenvalue weighted by Gasteiger charge is 2.20. The third kappa shape index (κ3) is 3.03. The van der Waals surface area contributed by atoms with Gasteiger partial charge in [-0.3, -0.25) is 4.98 Å². The van der Waals surface area contributed by atoms with Gasteiger partial charge in [0.1, 0.15) is 0 Å². The van der Waals surface area contributed by atoms with E-state index in [0.29, 0.717) is 6.04 Å². The Morgan fingerprint density at radius 1 is 1.17 bits per heavy atom. The highest BCUT2D eigenvalue weighted by Crippen LogP contribution is 2.28. The Balaban J connectivity index is 1.44. The standard InChI is InChI=1S/C19H19N3O/c1-3-16-4-2-10-21-19(16)17(5-1)22-11-14-6-8-15(9-7-14)18-12-20-13-23-18/h2,4,6-10,12-13,17,22H,1,3,5,11H2. The van der Waals surface area contributed by atoms with Crippen molar-refractivity contribution in [3.8, 4) is 11.3 Å². The van der Waals surface area contributed by atoms with Gasteiger partial charge in [0, 0.05) is 18.3 Å². The van der Waals surface area contributed by atoms with Crippen molar-refractivity contribution >= 4 is 0 Å². The fraction of sp³-hybridized carbons (Fsp3) is 0.263. The van der Waals surface area contributed by atoms with Gasteiger partial charge < -0.3 is 9.73 Å². The zero-order valence-electron chi connectivity index (χ0n) is 12.9. The quantitative estimate of drug-likeness (QED) is 0.794. The number of oxazole rings is 1. The molecule has 0 aliphatic heterocycles. The fourth-order valence-corrected chi connectivity index (χ4v) is 3.19. The Labute approximate surface area is 135 Å². The van der Waals surface area contributed by atoms with Crippen LogP contribution in [0.1, 0.15) is 35.7 Å². The lowest BCUT2D eigenvalue weighted by Gasteiger charge is -2.25. The molecule has 0 bridgehead atoms. The van der Waals surface area contributed by atoms with Crippen LogP contribution >= 0.6 is 0 Å². The second-order valence-electron chi connectivity index (χ2n) is 5.94. The molecule has 3 aromatic rings. The molecule has 1 N–H and O–H groups in total. The minimum atomic E-state index is 0.355. The van der Waals surface area contributed by atoms with Crippen LogP contribution in [-0.4, -0.2) is 9.97 Å². The van der Waals surface area contributed by atoms with E-state index in [4.69, 9.17) is 4.42 Å². The van der Waals surface area contributed by atoms with E-state index in [-0.39, 0.29) is 0 Å². The van der Waals surface area contributed by atoms with Gasteiger partial charge in [-0.2, -0.15) is 0 Å². The number of fused-ring (bicyclic) bond motifs is 1. The van der Waals surface area contributed by atoms with E-state index in [1.165, 1.54) is 29.6 Å². The van der Waals surface area contributed by atoms with Crippen molar-refractivity contribution in [1.29, 1.82) is 0 Å². The monoisotopic (exact) mass is 305 g/mol. The summed E-state index contributed by atoms with van der Waals surface area (Å²) in [4.78, 5) is 8.53. The van der Waals surface area contributed by atoms with Gasteiger partial charge in [-0.15, -0.1) is 0 Å². The van der Waals surface area contributed by atoms with Gasteiger partial charge in [-0.1, -0.05) is 30.3 Å². The Morgan fingerprint density at radius 3 is 2.91 bits per heavy atom. The highest BCUT2D eigenvalue weighted by atomic mass is 16.3. The third-order valence-electron chi connectivity index (χ3n) is 4.42. The number of benzene rings is 1. The molecular formula is C19H19N3O. The second-order valence-corrected chi connectivity index (χ2v) is 5.94. The molecule has 0 spiro atoms. The summed E-state index contributed by atoms with van der Waals surface area (Å²) >= 11 is 0. The average Bonchev–Trinajstić information content (AvgIpc) is 3.15. The summed E-state index contributed by atoms with van der Waals surface area (Å²) in [5.74, 6) is 0.801. The number of pyridine rings is 1. The lowest BCUT2D eigenvalue weighted by molar-refractivity contribution is 0.447. The van der Waals surface area contributed by atoms with Gasteiger partial charge in [-0.25, -0.2) is 4.98 Å². The Bertz CT molecular complexity index is 766. The predicted octanol–water partition coefficient (Wildman–Crippen LogP) is 3.90. The van der Waals surface area contributed by atoms with E-state index in [0.717, 1.165) is 30.7 Å². The van der Waals surface area contributed by atoms with E-state index in [9.17, 15) is 0 Å². The van der Waals surface area contributed by atoms with Crippen LogP contribution in [-0.2, 0) is 13.0 Å². The van der Waals surface area contributed by atoms with E-state index in [1.54, 1.807) is 6.20 Å². The number of aryl methyl sites for hydroxylation is 1. The maximum absolute atomic E-state index is 5.32. The van der Waals surface area contributed by atoms with Crippen LogP contribution in [0.3, 0.4) is 0 Å². The first-order chi connectivity index (χ1) is 11.4. The molecule has 0 amide bonds. The molecule has 1 atom stereocenters. The molecule has 2 aromatic heterocycles. The normalized spacial score (nSPS) is 17.0. The number of nitrogens with one attached hydrogen (secondary N) is 1. The summed E-state index contributed by atoms with van der Waals surface area (Å²) in [7, 11) is 0. The molecule has 1 aromatic carbocycles. The Hall–Kier alpha value is -2.46. The second kappa shape index (κ2) is 6.34. The first-order valence-corrected chi connectivity index (χ1v) is 8.05. The van der Waals surface area contributed by atoms with Crippen LogP contribution < -0.4 is 5.32 Å². The van der Waals surface area contributed by atoms with Gasteiger partial charge in [-0.05, 0) is 36.5 Å². The zero-order chi connectivity index (χ0) is 15.5. The summed E-state index contributed by atoms with van der Waals surface area (Å²) in [6.45, 7) is 0.845. The van der Waals surface area contributed by atoms with Crippen LogP contribution in [0.2, 0.25) is 0 Å². The number of rotatable bonds is 4. The van der Waals surface area contributed by atoms with Gasteiger partial charge >= 0.3 is 0 Å².